The first-order valence-corrected chi connectivity index (χ1v) is 6.67. The van der Waals surface area contributed by atoms with E-state index in [1.165, 1.54) is 12.1 Å². The average molecular weight is 292 g/mol. The summed E-state index contributed by atoms with van der Waals surface area (Å²) in [5.74, 6) is 5.32. The second kappa shape index (κ2) is 6.57. The fourth-order valence-electron chi connectivity index (χ4n) is 2.13. The lowest BCUT2D eigenvalue weighted by atomic mass is 10.1. The largest absolute Gasteiger partial charge is 0.358 e. The molecule has 0 aromatic heterocycles. The zero-order chi connectivity index (χ0) is 15.4. The third-order valence-electron chi connectivity index (χ3n) is 3.31. The topological polar surface area (TPSA) is 75.8 Å². The molecule has 0 spiro atoms. The predicted octanol–water partition coefficient (Wildman–Crippen LogP) is 2.21. The van der Waals surface area contributed by atoms with E-state index < -0.39 is 12.1 Å². The number of nitrogens with two attached hydrogens (primary N) is 1. The number of nitrogens with zero attached hydrogens (tertiary/aromatic N) is 1. The summed E-state index contributed by atoms with van der Waals surface area (Å²) in [7, 11) is 0. The summed E-state index contributed by atoms with van der Waals surface area (Å²) in [6.45, 7) is 1.56. The van der Waals surface area contributed by atoms with Gasteiger partial charge in [-0.05, 0) is 37.5 Å². The molecule has 5 nitrogen and oxygen atoms in total. The van der Waals surface area contributed by atoms with Crippen LogP contribution in [-0.4, -0.2) is 28.4 Å². The van der Waals surface area contributed by atoms with Gasteiger partial charge in [0.2, 0.25) is 0 Å². The van der Waals surface area contributed by atoms with E-state index in [1.807, 2.05) is 0 Å². The molecule has 1 aromatic carbocycles. The first-order chi connectivity index (χ1) is 9.97. The number of halogens is 1. The minimum atomic E-state index is -0.951. The van der Waals surface area contributed by atoms with E-state index in [0.717, 1.165) is 18.4 Å². The van der Waals surface area contributed by atoms with Crippen LogP contribution in [0, 0.1) is 17.7 Å². The van der Waals surface area contributed by atoms with Crippen LogP contribution >= 0.6 is 0 Å². The van der Waals surface area contributed by atoms with Crippen LogP contribution in [-0.2, 0) is 4.74 Å². The Balaban J connectivity index is 1.94. The summed E-state index contributed by atoms with van der Waals surface area (Å²) in [6.07, 6.45) is 1.15. The molecule has 1 aliphatic rings. The number of carbonyl (C=O) groups excluding carboxylic acids is 1. The number of hydrogen-bond donors (Lipinski definition) is 2. The Bertz CT molecular complexity index is 565. The van der Waals surface area contributed by atoms with Gasteiger partial charge in [0, 0.05) is 0 Å². The maximum absolute atomic E-state index is 12.9. The van der Waals surface area contributed by atoms with Gasteiger partial charge in [-0.15, -0.1) is 0 Å². The van der Waals surface area contributed by atoms with E-state index in [0.29, 0.717) is 5.06 Å². The highest BCUT2D eigenvalue weighted by molar-refractivity contribution is 5.71. The third kappa shape index (κ3) is 3.94. The number of hydroxylamine groups is 2. The second-order valence-electron chi connectivity index (χ2n) is 4.89. The molecule has 2 amide bonds. The molecule has 1 aliphatic heterocycles. The van der Waals surface area contributed by atoms with Crippen molar-refractivity contribution in [2.45, 2.75) is 38.0 Å². The van der Waals surface area contributed by atoms with Crippen molar-refractivity contribution in [2.75, 3.05) is 0 Å². The molecule has 0 aliphatic carbocycles. The molecular formula is C15H17FN2O3. The first kappa shape index (κ1) is 15.3. The highest BCUT2D eigenvalue weighted by Gasteiger charge is 2.25. The number of ether oxygens (including phenoxy) is 1. The van der Waals surface area contributed by atoms with Crippen molar-refractivity contribution in [1.29, 1.82) is 0 Å². The Morgan fingerprint density at radius 1 is 1.48 bits per heavy atom. The van der Waals surface area contributed by atoms with E-state index in [1.54, 1.807) is 19.1 Å². The summed E-state index contributed by atoms with van der Waals surface area (Å²) >= 11 is 0. The Morgan fingerprint density at radius 2 is 2.14 bits per heavy atom. The lowest BCUT2D eigenvalue weighted by molar-refractivity contribution is -0.0537. The van der Waals surface area contributed by atoms with Gasteiger partial charge < -0.3 is 10.5 Å². The van der Waals surface area contributed by atoms with E-state index in [2.05, 4.69) is 11.8 Å². The number of benzene rings is 1. The van der Waals surface area contributed by atoms with Gasteiger partial charge in [0.05, 0.1) is 6.10 Å². The van der Waals surface area contributed by atoms with Gasteiger partial charge in [-0.2, -0.15) is 5.06 Å². The van der Waals surface area contributed by atoms with Crippen LogP contribution < -0.4 is 5.73 Å². The number of primary amides is 1. The van der Waals surface area contributed by atoms with Crippen molar-refractivity contribution in [1.82, 2.24) is 5.06 Å². The van der Waals surface area contributed by atoms with Gasteiger partial charge in [0.1, 0.15) is 18.0 Å². The lowest BCUT2D eigenvalue weighted by Gasteiger charge is -2.15. The molecule has 1 saturated heterocycles. The Labute approximate surface area is 122 Å². The summed E-state index contributed by atoms with van der Waals surface area (Å²) in [6, 6.07) is 4.54. The van der Waals surface area contributed by atoms with E-state index in [4.69, 9.17) is 10.5 Å². The van der Waals surface area contributed by atoms with Crippen molar-refractivity contribution in [3.05, 3.63) is 35.6 Å². The third-order valence-corrected chi connectivity index (χ3v) is 3.31. The number of carbonyl (C=O) groups is 1. The molecule has 6 heteroatoms. The molecule has 2 rings (SSSR count). The Hall–Kier alpha value is -2.10. The maximum atomic E-state index is 12.9. The quantitative estimate of drug-likeness (QED) is 0.498. The van der Waals surface area contributed by atoms with E-state index >= 15 is 0 Å². The van der Waals surface area contributed by atoms with E-state index in [-0.39, 0.29) is 18.0 Å². The number of rotatable bonds is 2. The molecule has 0 radical (unpaired) electrons. The van der Waals surface area contributed by atoms with Crippen LogP contribution in [0.4, 0.5) is 9.18 Å². The van der Waals surface area contributed by atoms with Gasteiger partial charge in [0.15, 0.2) is 0 Å². The highest BCUT2D eigenvalue weighted by Crippen LogP contribution is 2.32. The predicted molar refractivity (Wildman–Crippen MR) is 73.7 cm³/mol. The monoisotopic (exact) mass is 292 g/mol. The van der Waals surface area contributed by atoms with Crippen molar-refractivity contribution in [3.8, 4) is 11.8 Å². The molecule has 3 N–H and O–H groups in total. The Morgan fingerprint density at radius 3 is 2.76 bits per heavy atom. The average Bonchev–Trinajstić information content (AvgIpc) is 2.93. The van der Waals surface area contributed by atoms with Crippen LogP contribution in [0.5, 0.6) is 0 Å². The number of urea groups is 1. The smallest absolute Gasteiger partial charge is 0.339 e. The van der Waals surface area contributed by atoms with Crippen molar-refractivity contribution in [3.63, 3.8) is 0 Å². The minimum Gasteiger partial charge on any atom is -0.358 e. The summed E-state index contributed by atoms with van der Waals surface area (Å²) < 4.78 is 18.6. The van der Waals surface area contributed by atoms with Crippen LogP contribution in [0.15, 0.2) is 24.3 Å². The van der Waals surface area contributed by atoms with Gasteiger partial charge in [0.25, 0.3) is 0 Å². The SMILES string of the molecule is C[C@H](C#C[C@H]1CCC(c2ccc(F)cc2)O1)N(O)C(N)=O. The summed E-state index contributed by atoms with van der Waals surface area (Å²) in [5, 5.41) is 9.68. The fraction of sp³-hybridized carbons (Fsp3) is 0.400. The number of amides is 2. The second-order valence-corrected chi connectivity index (χ2v) is 4.89. The van der Waals surface area contributed by atoms with Crippen LogP contribution in [0.2, 0.25) is 0 Å². The van der Waals surface area contributed by atoms with Crippen LogP contribution in [0.1, 0.15) is 31.4 Å². The molecule has 21 heavy (non-hydrogen) atoms. The molecule has 0 saturated carbocycles. The first-order valence-electron chi connectivity index (χ1n) is 6.67. The van der Waals surface area contributed by atoms with Crippen molar-refractivity contribution >= 4 is 6.03 Å². The van der Waals surface area contributed by atoms with E-state index in [9.17, 15) is 14.4 Å². The lowest BCUT2D eigenvalue weighted by Crippen LogP contribution is -2.38. The molecule has 1 heterocycles. The molecule has 1 fully saturated rings. The minimum absolute atomic E-state index is 0.110. The normalized spacial score (nSPS) is 22.2. The zero-order valence-electron chi connectivity index (χ0n) is 11.6. The molecule has 3 atom stereocenters. The molecular weight excluding hydrogens is 275 g/mol. The Kier molecular flexibility index (Phi) is 4.78. The van der Waals surface area contributed by atoms with Crippen molar-refractivity contribution < 1.29 is 19.1 Å². The fourth-order valence-corrected chi connectivity index (χ4v) is 2.13. The summed E-state index contributed by atoms with van der Waals surface area (Å²) in [4.78, 5) is 10.8. The summed E-state index contributed by atoms with van der Waals surface area (Å²) in [5.41, 5.74) is 5.85. The molecule has 0 bridgehead atoms. The molecule has 1 unspecified atom stereocenters. The van der Waals surface area contributed by atoms with Crippen LogP contribution in [0.25, 0.3) is 0 Å². The van der Waals surface area contributed by atoms with Gasteiger partial charge in [-0.3, -0.25) is 5.21 Å². The molecule has 112 valence electrons. The number of hydrogen-bond acceptors (Lipinski definition) is 3. The maximum Gasteiger partial charge on any atom is 0.339 e. The zero-order valence-corrected chi connectivity index (χ0v) is 11.6. The molecule has 1 aromatic rings. The van der Waals surface area contributed by atoms with Crippen LogP contribution in [0.3, 0.4) is 0 Å². The van der Waals surface area contributed by atoms with Crippen molar-refractivity contribution in [2.24, 2.45) is 5.73 Å². The standard InChI is InChI=1S/C15H17FN2O3/c1-10(18(20)15(17)19)2-7-13-8-9-14(21-13)11-3-5-12(16)6-4-11/h3-6,10,13-14,20H,8-9H2,1H3,(H2,17,19)/t10-,13+,14?/m1/s1. The highest BCUT2D eigenvalue weighted by atomic mass is 19.1. The van der Waals surface area contributed by atoms with Gasteiger partial charge in [-0.25, -0.2) is 9.18 Å². The van der Waals surface area contributed by atoms with Gasteiger partial charge >= 0.3 is 6.03 Å². The van der Waals surface area contributed by atoms with Gasteiger partial charge in [-0.1, -0.05) is 24.0 Å².